The molecule has 2 aromatic heterocycles. The summed E-state index contributed by atoms with van der Waals surface area (Å²) in [6.07, 6.45) is -0.678. The zero-order chi connectivity index (χ0) is 22.0. The third-order valence-electron chi connectivity index (χ3n) is 5.23. The predicted octanol–water partition coefficient (Wildman–Crippen LogP) is 2.78. The minimum absolute atomic E-state index is 0.291. The number of rotatable bonds is 4. The number of aromatic hydroxyl groups is 2. The van der Waals surface area contributed by atoms with Crippen molar-refractivity contribution < 1.29 is 24.2 Å². The molecule has 0 spiro atoms. The van der Waals surface area contributed by atoms with Crippen molar-refractivity contribution in [3.05, 3.63) is 65.6 Å². The van der Waals surface area contributed by atoms with Crippen LogP contribution in [0.2, 0.25) is 0 Å². The minimum atomic E-state index is -0.678. The van der Waals surface area contributed by atoms with E-state index in [1.807, 2.05) is 31.2 Å². The maximum absolute atomic E-state index is 14.7. The van der Waals surface area contributed by atoms with Gasteiger partial charge in [-0.3, -0.25) is 9.88 Å². The average molecular weight is 426 g/mol. The highest BCUT2D eigenvalue weighted by molar-refractivity contribution is 5.68. The summed E-state index contributed by atoms with van der Waals surface area (Å²) < 4.78 is 15.4. The first-order chi connectivity index (χ1) is 14.9. The third-order valence-corrected chi connectivity index (χ3v) is 5.23. The van der Waals surface area contributed by atoms with Gasteiger partial charge in [-0.2, -0.15) is 0 Å². The van der Waals surface area contributed by atoms with Crippen LogP contribution in [0.25, 0.3) is 11.3 Å². The molecule has 0 unspecified atom stereocenters. The number of halogens is 1. The van der Waals surface area contributed by atoms with Crippen molar-refractivity contribution in [1.82, 2.24) is 19.5 Å². The van der Waals surface area contributed by atoms with Crippen molar-refractivity contribution in [2.75, 3.05) is 26.2 Å². The molecule has 9 heteroatoms. The number of piperazine rings is 1. The summed E-state index contributed by atoms with van der Waals surface area (Å²) in [4.78, 5) is 25.2. The van der Waals surface area contributed by atoms with Crippen molar-refractivity contribution in [3.8, 4) is 23.0 Å². The van der Waals surface area contributed by atoms with Crippen LogP contribution in [0.5, 0.6) is 11.8 Å². The molecule has 0 bridgehead atoms. The molecule has 1 fully saturated rings. The van der Waals surface area contributed by atoms with Crippen LogP contribution >= 0.6 is 0 Å². The molecule has 1 amide bonds. The first-order valence-corrected chi connectivity index (χ1v) is 9.92. The van der Waals surface area contributed by atoms with Gasteiger partial charge < -0.3 is 20.0 Å². The molecule has 1 saturated heterocycles. The van der Waals surface area contributed by atoms with E-state index >= 15 is 0 Å². The Morgan fingerprint density at radius 2 is 1.77 bits per heavy atom. The standard InChI is InChI=1S/C22H23FN4O4/c1-15-3-2-4-19(24-15)16-5-6-17(18(23)13-16)14-25-9-11-26(12-10-25)22(30)31-27-20(28)7-8-21(27)29/h2-8,13,28-29H,9-12,14H2,1H3. The molecular formula is C22H23FN4O4. The van der Waals surface area contributed by atoms with Gasteiger partial charge >= 0.3 is 6.09 Å². The zero-order valence-corrected chi connectivity index (χ0v) is 17.0. The smallest absolute Gasteiger partial charge is 0.434 e. The Kier molecular flexibility index (Phi) is 5.77. The highest BCUT2D eigenvalue weighted by Crippen LogP contribution is 2.22. The molecule has 0 saturated carbocycles. The largest absolute Gasteiger partial charge is 0.492 e. The molecule has 0 atom stereocenters. The average Bonchev–Trinajstić information content (AvgIpc) is 3.07. The Labute approximate surface area is 178 Å². The fraction of sp³-hybridized carbons (Fsp3) is 0.273. The highest BCUT2D eigenvalue weighted by atomic mass is 19.1. The van der Waals surface area contributed by atoms with Crippen LogP contribution < -0.4 is 4.84 Å². The zero-order valence-electron chi connectivity index (χ0n) is 17.0. The molecule has 2 N–H and O–H groups in total. The number of carbonyl (C=O) groups is 1. The Morgan fingerprint density at radius 3 is 2.42 bits per heavy atom. The van der Waals surface area contributed by atoms with Crippen LogP contribution in [0.15, 0.2) is 48.5 Å². The van der Waals surface area contributed by atoms with E-state index in [0.29, 0.717) is 43.0 Å². The van der Waals surface area contributed by atoms with E-state index in [4.69, 9.17) is 4.84 Å². The fourth-order valence-electron chi connectivity index (χ4n) is 3.50. The molecule has 0 radical (unpaired) electrons. The van der Waals surface area contributed by atoms with Crippen LogP contribution in [0.3, 0.4) is 0 Å². The van der Waals surface area contributed by atoms with E-state index in [9.17, 15) is 19.4 Å². The van der Waals surface area contributed by atoms with Crippen LogP contribution in [-0.2, 0) is 6.54 Å². The molecular weight excluding hydrogens is 403 g/mol. The van der Waals surface area contributed by atoms with Crippen LogP contribution in [0.1, 0.15) is 11.3 Å². The molecule has 31 heavy (non-hydrogen) atoms. The van der Waals surface area contributed by atoms with E-state index < -0.39 is 6.09 Å². The molecule has 3 heterocycles. The molecule has 1 aliphatic rings. The topological polar surface area (TPSA) is 91.1 Å². The first kappa shape index (κ1) is 20.7. The molecule has 162 valence electrons. The monoisotopic (exact) mass is 426 g/mol. The van der Waals surface area contributed by atoms with Crippen LogP contribution in [0.4, 0.5) is 9.18 Å². The van der Waals surface area contributed by atoms with Gasteiger partial charge in [0.2, 0.25) is 11.8 Å². The fourth-order valence-corrected chi connectivity index (χ4v) is 3.50. The van der Waals surface area contributed by atoms with Crippen molar-refractivity contribution in [3.63, 3.8) is 0 Å². The van der Waals surface area contributed by atoms with Crippen molar-refractivity contribution in [2.45, 2.75) is 13.5 Å². The third kappa shape index (κ3) is 4.61. The molecule has 1 aliphatic heterocycles. The summed E-state index contributed by atoms with van der Waals surface area (Å²) in [6.45, 7) is 4.17. The number of pyridine rings is 1. The van der Waals surface area contributed by atoms with Gasteiger partial charge in [0.1, 0.15) is 5.82 Å². The van der Waals surface area contributed by atoms with Crippen molar-refractivity contribution in [2.24, 2.45) is 0 Å². The van der Waals surface area contributed by atoms with Gasteiger partial charge in [-0.1, -0.05) is 18.2 Å². The van der Waals surface area contributed by atoms with Crippen molar-refractivity contribution in [1.29, 1.82) is 0 Å². The summed E-state index contributed by atoms with van der Waals surface area (Å²) in [6, 6.07) is 13.2. The maximum Gasteiger partial charge on any atom is 0.434 e. The van der Waals surface area contributed by atoms with E-state index in [1.54, 1.807) is 6.07 Å². The number of nitrogens with zero attached hydrogens (tertiary/aromatic N) is 4. The molecule has 4 rings (SSSR count). The van der Waals surface area contributed by atoms with E-state index in [-0.39, 0.29) is 17.6 Å². The number of carbonyl (C=O) groups excluding carboxylic acids is 1. The number of aromatic nitrogens is 2. The van der Waals surface area contributed by atoms with Gasteiger partial charge in [0.25, 0.3) is 0 Å². The van der Waals surface area contributed by atoms with Gasteiger partial charge in [-0.15, -0.1) is 4.73 Å². The van der Waals surface area contributed by atoms with Gasteiger partial charge in [0.15, 0.2) is 0 Å². The second-order valence-corrected chi connectivity index (χ2v) is 7.43. The van der Waals surface area contributed by atoms with Crippen LogP contribution in [-0.4, -0.2) is 62.0 Å². The molecule has 8 nitrogen and oxygen atoms in total. The highest BCUT2D eigenvalue weighted by Gasteiger charge is 2.24. The predicted molar refractivity (Wildman–Crippen MR) is 111 cm³/mol. The molecule has 1 aromatic carbocycles. The number of aryl methyl sites for hydroxylation is 1. The summed E-state index contributed by atoms with van der Waals surface area (Å²) in [5.74, 6) is -1.03. The lowest BCUT2D eigenvalue weighted by Gasteiger charge is -2.34. The summed E-state index contributed by atoms with van der Waals surface area (Å²) in [5, 5.41) is 19.2. The molecule has 0 aliphatic carbocycles. The number of benzene rings is 1. The quantitative estimate of drug-likeness (QED) is 0.667. The SMILES string of the molecule is Cc1cccc(-c2ccc(CN3CCN(C(=O)On4c(O)ccc4O)CC3)c(F)c2)n1. The normalized spacial score (nSPS) is 14.6. The lowest BCUT2D eigenvalue weighted by molar-refractivity contribution is 0.0554. The molecule has 3 aromatic rings. The van der Waals surface area contributed by atoms with Gasteiger partial charge in [-0.25, -0.2) is 9.18 Å². The number of hydrogen-bond donors (Lipinski definition) is 2. The lowest BCUT2D eigenvalue weighted by atomic mass is 10.1. The summed E-state index contributed by atoms with van der Waals surface area (Å²) in [5.41, 5.74) is 2.92. The number of hydrogen-bond acceptors (Lipinski definition) is 6. The minimum Gasteiger partial charge on any atom is -0.492 e. The maximum atomic E-state index is 14.7. The Bertz CT molecular complexity index is 1070. The Morgan fingerprint density at radius 1 is 1.06 bits per heavy atom. The summed E-state index contributed by atoms with van der Waals surface area (Å²) in [7, 11) is 0. The Hall–Kier alpha value is -3.59. The Balaban J connectivity index is 1.34. The lowest BCUT2D eigenvalue weighted by Crippen LogP contribution is -2.50. The van der Waals surface area contributed by atoms with Gasteiger partial charge in [0.05, 0.1) is 5.69 Å². The van der Waals surface area contributed by atoms with Crippen LogP contribution in [0, 0.1) is 12.7 Å². The van der Waals surface area contributed by atoms with Crippen molar-refractivity contribution >= 4 is 6.09 Å². The van der Waals surface area contributed by atoms with E-state index in [1.165, 1.54) is 23.1 Å². The van der Waals surface area contributed by atoms with Gasteiger partial charge in [0, 0.05) is 61.7 Å². The second-order valence-electron chi connectivity index (χ2n) is 7.43. The second kappa shape index (κ2) is 8.65. The van der Waals surface area contributed by atoms with Gasteiger partial charge in [-0.05, 0) is 25.1 Å². The summed E-state index contributed by atoms with van der Waals surface area (Å²) >= 11 is 0. The number of amides is 1. The first-order valence-electron chi connectivity index (χ1n) is 9.92. The van der Waals surface area contributed by atoms with E-state index in [2.05, 4.69) is 9.88 Å². The van der Waals surface area contributed by atoms with E-state index in [0.717, 1.165) is 17.0 Å².